The number of carbonyl (C=O) groups is 1. The lowest BCUT2D eigenvalue weighted by Crippen LogP contribution is -2.13. The third-order valence-corrected chi connectivity index (χ3v) is 5.19. The molecule has 4 rings (SSSR count). The van der Waals surface area contributed by atoms with Gasteiger partial charge >= 0.3 is 0 Å². The summed E-state index contributed by atoms with van der Waals surface area (Å²) in [4.78, 5) is 24.6. The van der Waals surface area contributed by atoms with E-state index in [1.54, 1.807) is 0 Å². The average Bonchev–Trinajstić information content (AvgIpc) is 3.14. The van der Waals surface area contributed by atoms with E-state index in [4.69, 9.17) is 5.11 Å². The van der Waals surface area contributed by atoms with Gasteiger partial charge in [-0.05, 0) is 36.4 Å². The molecule has 10 heteroatoms. The molecular formula is C20H14F2N4O3S. The van der Waals surface area contributed by atoms with Crippen molar-refractivity contribution < 1.29 is 23.8 Å². The second-order valence-corrected chi connectivity index (χ2v) is 7.35. The van der Waals surface area contributed by atoms with Gasteiger partial charge in [0, 0.05) is 23.5 Å². The predicted molar refractivity (Wildman–Crippen MR) is 107 cm³/mol. The fraction of sp³-hybridized carbons (Fsp3) is 0.100. The summed E-state index contributed by atoms with van der Waals surface area (Å²) in [5.41, 5.74) is 1.13. The number of benzene rings is 1. The second-order valence-electron chi connectivity index (χ2n) is 6.31. The number of rotatable bonds is 5. The number of carbonyl (C=O) groups excluding carboxylic acids is 1. The Morgan fingerprint density at radius 2 is 1.97 bits per heavy atom. The summed E-state index contributed by atoms with van der Waals surface area (Å²) >= 11 is 1.13. The van der Waals surface area contributed by atoms with E-state index in [2.05, 4.69) is 20.3 Å². The molecule has 0 bridgehead atoms. The van der Waals surface area contributed by atoms with Crippen LogP contribution in [0.25, 0.3) is 21.5 Å². The number of fused-ring (bicyclic) bond motifs is 1. The minimum absolute atomic E-state index is 0.00320. The number of amides is 1. The number of aliphatic hydroxyl groups is 2. The predicted octanol–water partition coefficient (Wildman–Crippen LogP) is 3.31. The lowest BCUT2D eigenvalue weighted by molar-refractivity contribution is 0.0951. The van der Waals surface area contributed by atoms with E-state index in [1.807, 2.05) is 0 Å². The lowest BCUT2D eigenvalue weighted by Gasteiger charge is -2.09. The van der Waals surface area contributed by atoms with E-state index in [0.717, 1.165) is 17.4 Å². The van der Waals surface area contributed by atoms with Gasteiger partial charge in [-0.2, -0.15) is 0 Å². The van der Waals surface area contributed by atoms with Gasteiger partial charge in [-0.3, -0.25) is 20.1 Å². The number of aromatic nitrogens is 3. The molecule has 30 heavy (non-hydrogen) atoms. The minimum atomic E-state index is -1.22. The molecule has 1 unspecified atom stereocenters. The van der Waals surface area contributed by atoms with Gasteiger partial charge in [0.15, 0.2) is 5.13 Å². The Labute approximate surface area is 172 Å². The van der Waals surface area contributed by atoms with Gasteiger partial charge in [-0.1, -0.05) is 11.3 Å². The Bertz CT molecular complexity index is 1230. The molecule has 0 radical (unpaired) electrons. The standard InChI is InChI=1S/C20H14F2N4O3S/c21-12-2-4-14-17(6-12)30-20(25-14)26-19(29)15-3-1-10(7-23-15)18-13(22)5-11(8-24-18)16(28)9-27/h1-8,16,27-28H,9H2,(H,25,26,29). The van der Waals surface area contributed by atoms with Crippen molar-refractivity contribution in [2.75, 3.05) is 11.9 Å². The van der Waals surface area contributed by atoms with Crippen LogP contribution in [-0.2, 0) is 0 Å². The zero-order valence-electron chi connectivity index (χ0n) is 15.2. The van der Waals surface area contributed by atoms with Crippen molar-refractivity contribution in [3.05, 3.63) is 71.7 Å². The molecule has 0 saturated heterocycles. The molecule has 0 aliphatic heterocycles. The Morgan fingerprint density at radius 1 is 1.13 bits per heavy atom. The topological polar surface area (TPSA) is 108 Å². The molecule has 1 atom stereocenters. The molecular weight excluding hydrogens is 414 g/mol. The number of thiazole rings is 1. The second kappa shape index (κ2) is 8.19. The highest BCUT2D eigenvalue weighted by Crippen LogP contribution is 2.27. The molecule has 3 N–H and O–H groups in total. The highest BCUT2D eigenvalue weighted by atomic mass is 32.1. The van der Waals surface area contributed by atoms with Gasteiger partial charge in [0.1, 0.15) is 29.1 Å². The lowest BCUT2D eigenvalue weighted by atomic mass is 10.1. The zero-order valence-corrected chi connectivity index (χ0v) is 16.0. The van der Waals surface area contributed by atoms with Crippen molar-refractivity contribution in [2.45, 2.75) is 6.10 Å². The molecule has 0 fully saturated rings. The molecule has 0 spiro atoms. The SMILES string of the molecule is O=C(Nc1nc2ccc(F)cc2s1)c1ccc(-c2ncc(C(O)CO)cc2F)cn1. The van der Waals surface area contributed by atoms with Crippen LogP contribution in [0.1, 0.15) is 22.2 Å². The molecule has 3 heterocycles. The fourth-order valence-corrected chi connectivity index (χ4v) is 3.62. The third kappa shape index (κ3) is 4.01. The van der Waals surface area contributed by atoms with Crippen LogP contribution in [0.5, 0.6) is 0 Å². The quantitative estimate of drug-likeness (QED) is 0.450. The number of nitrogens with one attached hydrogen (secondary N) is 1. The van der Waals surface area contributed by atoms with Crippen LogP contribution in [0.4, 0.5) is 13.9 Å². The van der Waals surface area contributed by atoms with E-state index >= 15 is 0 Å². The number of nitrogens with zero attached hydrogens (tertiary/aromatic N) is 3. The monoisotopic (exact) mass is 428 g/mol. The smallest absolute Gasteiger partial charge is 0.276 e. The van der Waals surface area contributed by atoms with E-state index in [0.29, 0.717) is 20.9 Å². The van der Waals surface area contributed by atoms with Crippen LogP contribution in [0, 0.1) is 11.6 Å². The molecule has 0 aliphatic rings. The van der Waals surface area contributed by atoms with Crippen molar-refractivity contribution in [1.29, 1.82) is 0 Å². The molecule has 0 aliphatic carbocycles. The number of pyridine rings is 2. The first-order valence-electron chi connectivity index (χ1n) is 8.73. The largest absolute Gasteiger partial charge is 0.393 e. The van der Waals surface area contributed by atoms with Crippen molar-refractivity contribution in [1.82, 2.24) is 15.0 Å². The molecule has 3 aromatic heterocycles. The Balaban J connectivity index is 1.52. The van der Waals surface area contributed by atoms with E-state index in [-0.39, 0.29) is 22.8 Å². The maximum atomic E-state index is 14.3. The molecule has 7 nitrogen and oxygen atoms in total. The molecule has 1 aromatic carbocycles. The summed E-state index contributed by atoms with van der Waals surface area (Å²) in [6, 6.07) is 8.13. The van der Waals surface area contributed by atoms with Gasteiger partial charge in [0.2, 0.25) is 0 Å². The van der Waals surface area contributed by atoms with Crippen LogP contribution in [-0.4, -0.2) is 37.7 Å². The van der Waals surface area contributed by atoms with Gasteiger partial charge in [0.05, 0.1) is 16.8 Å². The van der Waals surface area contributed by atoms with Gasteiger partial charge < -0.3 is 10.2 Å². The van der Waals surface area contributed by atoms with E-state index in [1.165, 1.54) is 42.7 Å². The normalized spacial score (nSPS) is 12.1. The number of aliphatic hydroxyl groups excluding tert-OH is 2. The number of hydrogen-bond donors (Lipinski definition) is 3. The molecule has 4 aromatic rings. The van der Waals surface area contributed by atoms with Crippen molar-refractivity contribution in [2.24, 2.45) is 0 Å². The van der Waals surface area contributed by atoms with Crippen LogP contribution >= 0.6 is 11.3 Å². The molecule has 0 saturated carbocycles. The summed E-state index contributed by atoms with van der Waals surface area (Å²) in [5, 5.41) is 21.4. The number of halogens is 2. The maximum Gasteiger partial charge on any atom is 0.276 e. The number of anilines is 1. The first kappa shape index (κ1) is 20.0. The number of hydrogen-bond acceptors (Lipinski definition) is 7. The summed E-state index contributed by atoms with van der Waals surface area (Å²) in [7, 11) is 0. The fourth-order valence-electron chi connectivity index (χ4n) is 2.73. The first-order chi connectivity index (χ1) is 14.4. The summed E-state index contributed by atoms with van der Waals surface area (Å²) < 4.78 is 28.2. The highest BCUT2D eigenvalue weighted by Gasteiger charge is 2.15. The van der Waals surface area contributed by atoms with Crippen LogP contribution < -0.4 is 5.32 Å². The van der Waals surface area contributed by atoms with Crippen LogP contribution in [0.2, 0.25) is 0 Å². The first-order valence-corrected chi connectivity index (χ1v) is 9.54. The van der Waals surface area contributed by atoms with Crippen molar-refractivity contribution in [3.8, 4) is 11.3 Å². The molecule has 1 amide bonds. The minimum Gasteiger partial charge on any atom is -0.393 e. The molecule has 152 valence electrons. The van der Waals surface area contributed by atoms with Gasteiger partial charge in [-0.25, -0.2) is 13.8 Å². The average molecular weight is 428 g/mol. The highest BCUT2D eigenvalue weighted by molar-refractivity contribution is 7.22. The van der Waals surface area contributed by atoms with Crippen LogP contribution in [0.3, 0.4) is 0 Å². The zero-order chi connectivity index (χ0) is 21.3. The van der Waals surface area contributed by atoms with Gasteiger partial charge in [0.25, 0.3) is 5.91 Å². The van der Waals surface area contributed by atoms with Crippen molar-refractivity contribution in [3.63, 3.8) is 0 Å². The summed E-state index contributed by atoms with van der Waals surface area (Å²) in [6.07, 6.45) is 1.34. The maximum absolute atomic E-state index is 14.3. The third-order valence-electron chi connectivity index (χ3n) is 4.26. The Hall–Kier alpha value is -3.34. The van der Waals surface area contributed by atoms with E-state index < -0.39 is 24.4 Å². The summed E-state index contributed by atoms with van der Waals surface area (Å²) in [5.74, 6) is -1.60. The van der Waals surface area contributed by atoms with E-state index in [9.17, 15) is 18.7 Å². The Kier molecular flexibility index (Phi) is 5.44. The van der Waals surface area contributed by atoms with Crippen LogP contribution in [0.15, 0.2) is 48.8 Å². The van der Waals surface area contributed by atoms with Crippen molar-refractivity contribution >= 4 is 32.6 Å². The Morgan fingerprint density at radius 3 is 2.67 bits per heavy atom. The summed E-state index contributed by atoms with van der Waals surface area (Å²) in [6.45, 7) is -0.546. The van der Waals surface area contributed by atoms with Gasteiger partial charge in [-0.15, -0.1) is 0 Å².